The molecule has 16 heavy (non-hydrogen) atoms. The van der Waals surface area contributed by atoms with Crippen LogP contribution in [-0.4, -0.2) is 20.2 Å². The predicted octanol–water partition coefficient (Wildman–Crippen LogP) is 2.61. The summed E-state index contributed by atoms with van der Waals surface area (Å²) in [6, 6.07) is 0. The van der Waals surface area contributed by atoms with Gasteiger partial charge in [-0.3, -0.25) is 0 Å². The van der Waals surface area contributed by atoms with Gasteiger partial charge in [-0.25, -0.2) is 0 Å². The number of fused-ring (bicyclic) bond motifs is 3. The standard InChI is InChI=1S/C11H12N4S/c1-2-6-3-4-8-7(5-6)9-10(12-8)13-11(16)15-14-9/h3-4,6H,2,5H2,1H3,(H2,12,13,15,16). The molecule has 1 atom stereocenters. The van der Waals surface area contributed by atoms with Crippen molar-refractivity contribution in [2.75, 3.05) is 0 Å². The van der Waals surface area contributed by atoms with Crippen molar-refractivity contribution in [1.82, 2.24) is 20.2 Å². The van der Waals surface area contributed by atoms with Crippen LogP contribution >= 0.6 is 12.2 Å². The summed E-state index contributed by atoms with van der Waals surface area (Å²) in [4.78, 5) is 6.32. The first kappa shape index (κ1) is 9.72. The van der Waals surface area contributed by atoms with Gasteiger partial charge < -0.3 is 9.97 Å². The summed E-state index contributed by atoms with van der Waals surface area (Å²) in [5.74, 6) is 0.608. The first-order chi connectivity index (χ1) is 7.78. The first-order valence-corrected chi connectivity index (χ1v) is 5.84. The Morgan fingerprint density at radius 2 is 2.31 bits per heavy atom. The minimum absolute atomic E-state index is 0.419. The van der Waals surface area contributed by atoms with Gasteiger partial charge >= 0.3 is 0 Å². The third-order valence-corrected chi connectivity index (χ3v) is 3.29. The number of allylic oxidation sites excluding steroid dienone is 1. The number of aromatic amines is 2. The number of hydrogen-bond acceptors (Lipinski definition) is 3. The number of nitrogens with zero attached hydrogens (tertiary/aromatic N) is 2. The maximum Gasteiger partial charge on any atom is 0.219 e. The van der Waals surface area contributed by atoms with E-state index < -0.39 is 0 Å². The van der Waals surface area contributed by atoms with Gasteiger partial charge in [0.15, 0.2) is 0 Å². The molecular formula is C11H12N4S. The SMILES string of the molecule is CCC1C=Cc2[nH]c3[nH]c(=S)nnc3c2C1. The lowest BCUT2D eigenvalue weighted by molar-refractivity contribution is 0.621. The molecule has 0 bridgehead atoms. The molecule has 0 fully saturated rings. The second-order valence-corrected chi connectivity index (χ2v) is 4.49. The van der Waals surface area contributed by atoms with E-state index in [4.69, 9.17) is 12.2 Å². The summed E-state index contributed by atoms with van der Waals surface area (Å²) in [6.45, 7) is 2.20. The predicted molar refractivity (Wildman–Crippen MR) is 65.6 cm³/mol. The van der Waals surface area contributed by atoms with Crippen LogP contribution in [0.1, 0.15) is 24.6 Å². The second-order valence-electron chi connectivity index (χ2n) is 4.10. The van der Waals surface area contributed by atoms with Crippen LogP contribution in [0.2, 0.25) is 0 Å². The Kier molecular flexibility index (Phi) is 2.14. The van der Waals surface area contributed by atoms with E-state index in [-0.39, 0.29) is 0 Å². The molecule has 82 valence electrons. The molecule has 0 radical (unpaired) electrons. The maximum absolute atomic E-state index is 4.96. The maximum atomic E-state index is 4.96. The van der Waals surface area contributed by atoms with Gasteiger partial charge in [0, 0.05) is 11.3 Å². The highest BCUT2D eigenvalue weighted by atomic mass is 32.1. The van der Waals surface area contributed by atoms with Gasteiger partial charge in [0.25, 0.3) is 0 Å². The van der Waals surface area contributed by atoms with E-state index in [1.165, 1.54) is 5.56 Å². The average molecular weight is 232 g/mol. The van der Waals surface area contributed by atoms with Crippen LogP contribution in [0.15, 0.2) is 6.08 Å². The monoisotopic (exact) mass is 232 g/mol. The average Bonchev–Trinajstić information content (AvgIpc) is 2.65. The normalized spacial score (nSPS) is 18.9. The van der Waals surface area contributed by atoms with E-state index in [1.807, 2.05) is 0 Å². The highest BCUT2D eigenvalue weighted by molar-refractivity contribution is 7.71. The van der Waals surface area contributed by atoms with E-state index in [2.05, 4.69) is 39.2 Å². The summed E-state index contributed by atoms with van der Waals surface area (Å²) in [5.41, 5.74) is 4.19. The Labute approximate surface area is 97.8 Å². The third kappa shape index (κ3) is 1.39. The van der Waals surface area contributed by atoms with Crippen LogP contribution < -0.4 is 0 Å². The van der Waals surface area contributed by atoms with Crippen molar-refractivity contribution in [2.24, 2.45) is 5.92 Å². The van der Waals surface area contributed by atoms with Crippen molar-refractivity contribution in [3.05, 3.63) is 22.1 Å². The molecule has 0 saturated carbocycles. The highest BCUT2D eigenvalue weighted by Crippen LogP contribution is 2.28. The molecule has 2 aromatic heterocycles. The summed E-state index contributed by atoms with van der Waals surface area (Å²) in [6.07, 6.45) is 6.56. The summed E-state index contributed by atoms with van der Waals surface area (Å²) in [7, 11) is 0. The van der Waals surface area contributed by atoms with Crippen molar-refractivity contribution in [3.8, 4) is 0 Å². The van der Waals surface area contributed by atoms with E-state index in [1.54, 1.807) is 0 Å². The summed E-state index contributed by atoms with van der Waals surface area (Å²) >= 11 is 4.96. The van der Waals surface area contributed by atoms with E-state index in [0.717, 1.165) is 29.7 Å². The minimum Gasteiger partial charge on any atom is -0.340 e. The molecule has 0 aliphatic heterocycles. The Morgan fingerprint density at radius 3 is 3.12 bits per heavy atom. The Hall–Kier alpha value is -1.49. The molecule has 0 aromatic carbocycles. The van der Waals surface area contributed by atoms with Crippen LogP contribution in [0.3, 0.4) is 0 Å². The number of aromatic nitrogens is 4. The lowest BCUT2D eigenvalue weighted by atomic mass is 9.91. The Bertz CT molecular complexity index is 622. The molecule has 1 unspecified atom stereocenters. The van der Waals surface area contributed by atoms with E-state index in [9.17, 15) is 0 Å². The third-order valence-electron chi connectivity index (χ3n) is 3.11. The second kappa shape index (κ2) is 3.52. The zero-order chi connectivity index (χ0) is 11.1. The topological polar surface area (TPSA) is 57.4 Å². The molecule has 3 rings (SSSR count). The lowest BCUT2D eigenvalue weighted by Gasteiger charge is -2.14. The van der Waals surface area contributed by atoms with Gasteiger partial charge in [0.2, 0.25) is 4.77 Å². The molecule has 0 saturated heterocycles. The first-order valence-electron chi connectivity index (χ1n) is 5.43. The van der Waals surface area contributed by atoms with Gasteiger partial charge in [0.05, 0.1) is 0 Å². The lowest BCUT2D eigenvalue weighted by Crippen LogP contribution is -2.05. The smallest absolute Gasteiger partial charge is 0.219 e. The largest absolute Gasteiger partial charge is 0.340 e. The zero-order valence-electron chi connectivity index (χ0n) is 8.95. The highest BCUT2D eigenvalue weighted by Gasteiger charge is 2.18. The van der Waals surface area contributed by atoms with Crippen LogP contribution in [0.4, 0.5) is 0 Å². The van der Waals surface area contributed by atoms with Crippen molar-refractivity contribution in [2.45, 2.75) is 19.8 Å². The molecule has 1 aliphatic rings. The zero-order valence-corrected chi connectivity index (χ0v) is 9.77. The summed E-state index contributed by atoms with van der Waals surface area (Å²) < 4.78 is 0.419. The van der Waals surface area contributed by atoms with Gasteiger partial charge in [-0.05, 0) is 37.1 Å². The fourth-order valence-corrected chi connectivity index (χ4v) is 2.31. The Balaban J connectivity index is 2.23. The molecule has 1 aliphatic carbocycles. The molecule has 0 amide bonds. The summed E-state index contributed by atoms with van der Waals surface area (Å²) in [5, 5.41) is 8.08. The molecular weight excluding hydrogens is 220 g/mol. The molecule has 0 spiro atoms. The van der Waals surface area contributed by atoms with Crippen LogP contribution in [-0.2, 0) is 6.42 Å². The van der Waals surface area contributed by atoms with Crippen LogP contribution in [0, 0.1) is 10.7 Å². The quantitative estimate of drug-likeness (QED) is 0.743. The minimum atomic E-state index is 0.419. The fraction of sp³-hybridized carbons (Fsp3) is 0.364. The van der Waals surface area contributed by atoms with Crippen LogP contribution in [0.25, 0.3) is 17.2 Å². The number of hydrogen-bond donors (Lipinski definition) is 2. The van der Waals surface area contributed by atoms with Crippen molar-refractivity contribution in [1.29, 1.82) is 0 Å². The van der Waals surface area contributed by atoms with Gasteiger partial charge in [0.1, 0.15) is 11.2 Å². The van der Waals surface area contributed by atoms with Gasteiger partial charge in [-0.2, -0.15) is 0 Å². The molecule has 4 nitrogen and oxygen atoms in total. The van der Waals surface area contributed by atoms with Crippen molar-refractivity contribution < 1.29 is 0 Å². The van der Waals surface area contributed by atoms with Crippen molar-refractivity contribution in [3.63, 3.8) is 0 Å². The number of H-pyrrole nitrogens is 2. The van der Waals surface area contributed by atoms with Crippen LogP contribution in [0.5, 0.6) is 0 Å². The molecule has 2 heterocycles. The van der Waals surface area contributed by atoms with Gasteiger partial charge in [-0.1, -0.05) is 13.0 Å². The number of rotatable bonds is 1. The number of nitrogens with one attached hydrogen (secondary N) is 2. The van der Waals surface area contributed by atoms with E-state index >= 15 is 0 Å². The van der Waals surface area contributed by atoms with Gasteiger partial charge in [-0.15, -0.1) is 10.2 Å². The Morgan fingerprint density at radius 1 is 1.44 bits per heavy atom. The molecule has 2 N–H and O–H groups in total. The molecule has 2 aromatic rings. The van der Waals surface area contributed by atoms with Crippen molar-refractivity contribution >= 4 is 29.5 Å². The van der Waals surface area contributed by atoms with E-state index in [0.29, 0.717) is 10.7 Å². The fourth-order valence-electron chi connectivity index (χ4n) is 2.17. The molecule has 5 heteroatoms.